The van der Waals surface area contributed by atoms with Crippen LogP contribution in [0.2, 0.25) is 0 Å². The fourth-order valence-electron chi connectivity index (χ4n) is 2.48. The molecule has 1 nitrogen and oxygen atoms in total. The molecule has 0 unspecified atom stereocenters. The van der Waals surface area contributed by atoms with E-state index in [-0.39, 0.29) is 0 Å². The number of hydrogen-bond acceptors (Lipinski definition) is 1. The van der Waals surface area contributed by atoms with Crippen molar-refractivity contribution in [3.05, 3.63) is 0 Å². The van der Waals surface area contributed by atoms with Gasteiger partial charge in [0.05, 0.1) is 0 Å². The molecule has 0 bridgehead atoms. The second kappa shape index (κ2) is 6.75. The summed E-state index contributed by atoms with van der Waals surface area (Å²) in [6.45, 7) is 10.2. The summed E-state index contributed by atoms with van der Waals surface area (Å²) in [5, 5.41) is 0. The average molecular weight is 234 g/mol. The molecule has 15 heavy (non-hydrogen) atoms. The van der Waals surface area contributed by atoms with Crippen LogP contribution in [0.15, 0.2) is 0 Å². The molecule has 0 aromatic carbocycles. The van der Waals surface area contributed by atoms with Crippen LogP contribution >= 0.6 is 11.6 Å². The summed E-state index contributed by atoms with van der Waals surface area (Å²) in [4.78, 5) is 0. The molecule has 0 aromatic rings. The maximum Gasteiger partial charge on any atom is 0.0228 e. The Morgan fingerprint density at radius 1 is 0.933 bits per heavy atom. The van der Waals surface area contributed by atoms with Gasteiger partial charge in [-0.3, -0.25) is 0 Å². The van der Waals surface area contributed by atoms with E-state index in [2.05, 4.69) is 27.7 Å². The highest BCUT2D eigenvalue weighted by molar-refractivity contribution is 6.17. The minimum atomic E-state index is 0.369. The van der Waals surface area contributed by atoms with Crippen LogP contribution in [0, 0.1) is 10.8 Å². The van der Waals surface area contributed by atoms with E-state index in [9.17, 15) is 0 Å². The lowest BCUT2D eigenvalue weighted by atomic mass is 9.71. The predicted octanol–water partition coefficient (Wildman–Crippen LogP) is 4.19. The molecule has 0 rings (SSSR count). The van der Waals surface area contributed by atoms with E-state index in [4.69, 9.17) is 17.3 Å². The Morgan fingerprint density at radius 3 is 1.93 bits per heavy atom. The molecule has 0 amide bonds. The normalized spacial score (nSPS) is 13.2. The minimum Gasteiger partial charge on any atom is -0.330 e. The Labute approximate surface area is 101 Å². The van der Waals surface area contributed by atoms with Gasteiger partial charge in [-0.15, -0.1) is 11.6 Å². The van der Waals surface area contributed by atoms with Gasteiger partial charge in [-0.1, -0.05) is 34.1 Å². The standard InChI is InChI=1S/C13H28ClN/c1-12(2,7-5-6-10-15)11-13(3,4)8-9-14/h5-11,15H2,1-4H3. The summed E-state index contributed by atoms with van der Waals surface area (Å²) in [7, 11) is 0. The second-order valence-corrected chi connectivity index (χ2v) is 6.57. The van der Waals surface area contributed by atoms with Gasteiger partial charge < -0.3 is 5.73 Å². The van der Waals surface area contributed by atoms with E-state index >= 15 is 0 Å². The first-order valence-corrected chi connectivity index (χ1v) is 6.62. The third-order valence-corrected chi connectivity index (χ3v) is 3.23. The van der Waals surface area contributed by atoms with Crippen LogP contribution in [0.3, 0.4) is 0 Å². The SMILES string of the molecule is CC(C)(CCCl)CC(C)(C)CCCCN. The molecule has 0 saturated carbocycles. The largest absolute Gasteiger partial charge is 0.330 e. The first-order chi connectivity index (χ1) is 6.83. The van der Waals surface area contributed by atoms with Crippen LogP contribution in [-0.4, -0.2) is 12.4 Å². The first-order valence-electron chi connectivity index (χ1n) is 6.09. The van der Waals surface area contributed by atoms with E-state index in [0.29, 0.717) is 10.8 Å². The van der Waals surface area contributed by atoms with Crippen molar-refractivity contribution in [2.24, 2.45) is 16.6 Å². The molecule has 0 saturated heterocycles. The molecular formula is C13H28ClN. The van der Waals surface area contributed by atoms with Crippen molar-refractivity contribution in [1.29, 1.82) is 0 Å². The van der Waals surface area contributed by atoms with Crippen molar-refractivity contribution in [2.45, 2.75) is 59.8 Å². The van der Waals surface area contributed by atoms with Gasteiger partial charge in [-0.25, -0.2) is 0 Å². The highest BCUT2D eigenvalue weighted by atomic mass is 35.5. The zero-order chi connectivity index (χ0) is 11.9. The average Bonchev–Trinajstić information content (AvgIpc) is 2.01. The smallest absolute Gasteiger partial charge is 0.0228 e. The third-order valence-electron chi connectivity index (χ3n) is 3.04. The van der Waals surface area contributed by atoms with E-state index in [1.807, 2.05) is 0 Å². The van der Waals surface area contributed by atoms with Gasteiger partial charge in [-0.2, -0.15) is 0 Å². The lowest BCUT2D eigenvalue weighted by Gasteiger charge is -2.35. The lowest BCUT2D eigenvalue weighted by Crippen LogP contribution is -2.23. The molecule has 0 aliphatic heterocycles. The Morgan fingerprint density at radius 2 is 1.47 bits per heavy atom. The molecule has 2 heteroatoms. The molecule has 0 radical (unpaired) electrons. The van der Waals surface area contributed by atoms with Gasteiger partial charge in [0.25, 0.3) is 0 Å². The number of alkyl halides is 1. The molecule has 0 atom stereocenters. The number of nitrogens with two attached hydrogens (primary N) is 1. The van der Waals surface area contributed by atoms with Gasteiger partial charge >= 0.3 is 0 Å². The van der Waals surface area contributed by atoms with E-state index < -0.39 is 0 Å². The van der Waals surface area contributed by atoms with Crippen molar-refractivity contribution in [3.63, 3.8) is 0 Å². The molecule has 92 valence electrons. The maximum absolute atomic E-state index is 5.83. The van der Waals surface area contributed by atoms with Crippen molar-refractivity contribution in [3.8, 4) is 0 Å². The fraction of sp³-hybridized carbons (Fsp3) is 1.00. The van der Waals surface area contributed by atoms with Gasteiger partial charge in [0.1, 0.15) is 0 Å². The number of halogens is 1. The van der Waals surface area contributed by atoms with Crippen molar-refractivity contribution in [2.75, 3.05) is 12.4 Å². The predicted molar refractivity (Wildman–Crippen MR) is 70.4 cm³/mol. The van der Waals surface area contributed by atoms with Crippen LogP contribution in [0.1, 0.15) is 59.8 Å². The molecule has 0 aliphatic rings. The topological polar surface area (TPSA) is 26.0 Å². The zero-order valence-electron chi connectivity index (χ0n) is 10.9. The number of hydrogen-bond donors (Lipinski definition) is 1. The van der Waals surface area contributed by atoms with Crippen molar-refractivity contribution in [1.82, 2.24) is 0 Å². The van der Waals surface area contributed by atoms with Gasteiger partial charge in [0.2, 0.25) is 0 Å². The molecule has 0 aromatic heterocycles. The van der Waals surface area contributed by atoms with Gasteiger partial charge in [0.15, 0.2) is 0 Å². The van der Waals surface area contributed by atoms with Crippen molar-refractivity contribution < 1.29 is 0 Å². The lowest BCUT2D eigenvalue weighted by molar-refractivity contribution is 0.174. The van der Waals surface area contributed by atoms with E-state index in [1.165, 1.54) is 19.3 Å². The molecule has 0 fully saturated rings. The summed E-state index contributed by atoms with van der Waals surface area (Å²) < 4.78 is 0. The van der Waals surface area contributed by atoms with Crippen LogP contribution in [-0.2, 0) is 0 Å². The third kappa shape index (κ3) is 8.10. The molecule has 2 N–H and O–H groups in total. The second-order valence-electron chi connectivity index (χ2n) is 6.19. The highest BCUT2D eigenvalue weighted by Gasteiger charge is 2.27. The Hall–Kier alpha value is 0.250. The summed E-state index contributed by atoms with van der Waals surface area (Å²) in [5.41, 5.74) is 6.31. The monoisotopic (exact) mass is 233 g/mol. The van der Waals surface area contributed by atoms with E-state index in [1.54, 1.807) is 0 Å². The molecule has 0 aliphatic carbocycles. The highest BCUT2D eigenvalue weighted by Crippen LogP contribution is 2.39. The maximum atomic E-state index is 5.83. The van der Waals surface area contributed by atoms with Crippen LogP contribution in [0.4, 0.5) is 0 Å². The zero-order valence-corrected chi connectivity index (χ0v) is 11.7. The minimum absolute atomic E-state index is 0.369. The summed E-state index contributed by atoms with van der Waals surface area (Å²) in [6.07, 6.45) is 6.03. The Balaban J connectivity index is 3.99. The number of rotatable bonds is 8. The van der Waals surface area contributed by atoms with Crippen molar-refractivity contribution >= 4 is 11.6 Å². The quantitative estimate of drug-likeness (QED) is 0.494. The molecule has 0 spiro atoms. The first kappa shape index (κ1) is 15.2. The van der Waals surface area contributed by atoms with Crippen LogP contribution in [0.25, 0.3) is 0 Å². The number of unbranched alkanes of at least 4 members (excludes halogenated alkanes) is 1. The van der Waals surface area contributed by atoms with E-state index in [0.717, 1.165) is 25.3 Å². The van der Waals surface area contributed by atoms with Crippen LogP contribution < -0.4 is 5.73 Å². The Bertz CT molecular complexity index is 164. The summed E-state index contributed by atoms with van der Waals surface area (Å²) in [6, 6.07) is 0. The summed E-state index contributed by atoms with van der Waals surface area (Å²) >= 11 is 5.83. The summed E-state index contributed by atoms with van der Waals surface area (Å²) in [5.74, 6) is 0.770. The molecule has 0 heterocycles. The fourth-order valence-corrected chi connectivity index (χ4v) is 2.99. The van der Waals surface area contributed by atoms with Gasteiger partial charge in [0, 0.05) is 5.88 Å². The van der Waals surface area contributed by atoms with Crippen LogP contribution in [0.5, 0.6) is 0 Å². The Kier molecular flexibility index (Phi) is 6.86. The molecular weight excluding hydrogens is 206 g/mol. The van der Waals surface area contributed by atoms with Gasteiger partial charge in [-0.05, 0) is 43.1 Å².